The van der Waals surface area contributed by atoms with E-state index >= 15 is 0 Å². The van der Waals surface area contributed by atoms with Crippen LogP contribution in [0.4, 0.5) is 0 Å². The molecule has 2 heteroatoms. The van der Waals surface area contributed by atoms with Gasteiger partial charge in [0.05, 0.1) is 5.69 Å². The van der Waals surface area contributed by atoms with Gasteiger partial charge in [-0.15, -0.1) is 0 Å². The van der Waals surface area contributed by atoms with Crippen molar-refractivity contribution < 1.29 is 0 Å². The van der Waals surface area contributed by atoms with Gasteiger partial charge in [0.15, 0.2) is 0 Å². The topological polar surface area (TPSA) is 12.9 Å². The molecule has 0 atom stereocenters. The molecule has 2 rings (SSSR count). The van der Waals surface area contributed by atoms with E-state index in [4.69, 9.17) is 0 Å². The molecular formula is C13H10BrN. The normalized spacial score (nSPS) is 11.4. The van der Waals surface area contributed by atoms with Crippen molar-refractivity contribution in [3.05, 3.63) is 66.0 Å². The van der Waals surface area contributed by atoms with Crippen molar-refractivity contribution >= 4 is 26.5 Å². The average molecular weight is 260 g/mol. The van der Waals surface area contributed by atoms with Crippen LogP contribution in [0.25, 0.3) is 10.6 Å². The molecule has 2 aromatic rings. The standard InChI is InChI=1S/C13H10BrN/c14-13(11-6-2-1-3-7-11)10-12-8-4-5-9-15-12/h1-10H/b13-10-. The second kappa shape index (κ2) is 4.89. The minimum atomic E-state index is 0.952. The number of hydrogen-bond acceptors (Lipinski definition) is 1. The lowest BCUT2D eigenvalue weighted by molar-refractivity contribution is 1.30. The van der Waals surface area contributed by atoms with Crippen molar-refractivity contribution in [3.8, 4) is 0 Å². The molecule has 0 N–H and O–H groups in total. The van der Waals surface area contributed by atoms with E-state index in [-0.39, 0.29) is 0 Å². The summed E-state index contributed by atoms with van der Waals surface area (Å²) >= 11 is 3.54. The fourth-order valence-corrected chi connectivity index (χ4v) is 1.77. The van der Waals surface area contributed by atoms with Crippen LogP contribution in [-0.4, -0.2) is 4.98 Å². The van der Waals surface area contributed by atoms with E-state index in [0.717, 1.165) is 15.7 Å². The molecule has 1 aromatic carbocycles. The Kier molecular flexibility index (Phi) is 3.30. The van der Waals surface area contributed by atoms with Crippen LogP contribution >= 0.6 is 15.9 Å². The Morgan fingerprint density at radius 2 is 1.73 bits per heavy atom. The number of rotatable bonds is 2. The van der Waals surface area contributed by atoms with Crippen molar-refractivity contribution in [3.63, 3.8) is 0 Å². The molecule has 0 unspecified atom stereocenters. The Hall–Kier alpha value is -1.41. The Labute approximate surface area is 97.6 Å². The molecule has 1 heterocycles. The Bertz CT molecular complexity index is 448. The van der Waals surface area contributed by atoms with Gasteiger partial charge in [-0.1, -0.05) is 52.3 Å². The molecule has 1 nitrogen and oxygen atoms in total. The molecule has 15 heavy (non-hydrogen) atoms. The summed E-state index contributed by atoms with van der Waals surface area (Å²) < 4.78 is 1.04. The van der Waals surface area contributed by atoms with Crippen LogP contribution in [0.3, 0.4) is 0 Å². The first-order valence-corrected chi connectivity index (χ1v) is 5.49. The van der Waals surface area contributed by atoms with Crippen LogP contribution < -0.4 is 0 Å². The fourth-order valence-electron chi connectivity index (χ4n) is 1.27. The van der Waals surface area contributed by atoms with Gasteiger partial charge in [0, 0.05) is 10.7 Å². The molecule has 0 aliphatic heterocycles. The van der Waals surface area contributed by atoms with E-state index in [9.17, 15) is 0 Å². The first kappa shape index (κ1) is 10.1. The van der Waals surface area contributed by atoms with Gasteiger partial charge in [-0.3, -0.25) is 4.98 Å². The SMILES string of the molecule is Br/C(=C\c1ccccn1)c1ccccc1. The van der Waals surface area contributed by atoms with Crippen LogP contribution in [0, 0.1) is 0 Å². The maximum Gasteiger partial charge on any atom is 0.0641 e. The van der Waals surface area contributed by atoms with E-state index < -0.39 is 0 Å². The van der Waals surface area contributed by atoms with Crippen molar-refractivity contribution in [1.29, 1.82) is 0 Å². The first-order valence-electron chi connectivity index (χ1n) is 4.70. The highest BCUT2D eigenvalue weighted by molar-refractivity contribution is 9.15. The number of halogens is 1. The fraction of sp³-hybridized carbons (Fsp3) is 0. The zero-order valence-corrected chi connectivity index (χ0v) is 9.68. The van der Waals surface area contributed by atoms with Gasteiger partial charge in [-0.25, -0.2) is 0 Å². The van der Waals surface area contributed by atoms with Gasteiger partial charge in [0.2, 0.25) is 0 Å². The number of nitrogens with zero attached hydrogens (tertiary/aromatic N) is 1. The van der Waals surface area contributed by atoms with E-state index in [2.05, 4.69) is 33.0 Å². The average Bonchev–Trinajstić information content (AvgIpc) is 2.31. The predicted molar refractivity (Wildman–Crippen MR) is 67.5 cm³/mol. The first-order chi connectivity index (χ1) is 7.36. The number of benzene rings is 1. The quantitative estimate of drug-likeness (QED) is 0.796. The maximum absolute atomic E-state index is 4.24. The second-order valence-electron chi connectivity index (χ2n) is 3.11. The molecule has 0 aliphatic carbocycles. The van der Waals surface area contributed by atoms with E-state index in [1.165, 1.54) is 0 Å². The summed E-state index contributed by atoms with van der Waals surface area (Å²) in [5.41, 5.74) is 2.11. The molecule has 0 saturated carbocycles. The molecule has 0 amide bonds. The smallest absolute Gasteiger partial charge is 0.0641 e. The highest BCUT2D eigenvalue weighted by Gasteiger charge is 1.96. The van der Waals surface area contributed by atoms with Crippen LogP contribution in [0.15, 0.2) is 54.7 Å². The van der Waals surface area contributed by atoms with E-state index in [1.807, 2.05) is 42.5 Å². The van der Waals surface area contributed by atoms with Crippen molar-refractivity contribution in [2.24, 2.45) is 0 Å². The van der Waals surface area contributed by atoms with Gasteiger partial charge in [0.1, 0.15) is 0 Å². The highest BCUT2D eigenvalue weighted by atomic mass is 79.9. The lowest BCUT2D eigenvalue weighted by Gasteiger charge is -1.98. The zero-order chi connectivity index (χ0) is 10.5. The van der Waals surface area contributed by atoms with Crippen LogP contribution in [0.2, 0.25) is 0 Å². The summed E-state index contributed by atoms with van der Waals surface area (Å²) in [5, 5.41) is 0. The Balaban J connectivity index is 2.29. The van der Waals surface area contributed by atoms with Crippen molar-refractivity contribution in [1.82, 2.24) is 4.98 Å². The lowest BCUT2D eigenvalue weighted by atomic mass is 10.2. The van der Waals surface area contributed by atoms with E-state index in [0.29, 0.717) is 0 Å². The number of aromatic nitrogens is 1. The summed E-state index contributed by atoms with van der Waals surface area (Å²) in [4.78, 5) is 4.24. The molecule has 0 bridgehead atoms. The second-order valence-corrected chi connectivity index (χ2v) is 3.97. The third-order valence-electron chi connectivity index (χ3n) is 2.01. The van der Waals surface area contributed by atoms with Crippen LogP contribution in [0.5, 0.6) is 0 Å². The van der Waals surface area contributed by atoms with Gasteiger partial charge in [-0.2, -0.15) is 0 Å². The maximum atomic E-state index is 4.24. The summed E-state index contributed by atoms with van der Waals surface area (Å²) in [6.07, 6.45) is 3.80. The molecule has 1 aromatic heterocycles. The van der Waals surface area contributed by atoms with Gasteiger partial charge in [-0.05, 0) is 23.8 Å². The van der Waals surface area contributed by atoms with E-state index in [1.54, 1.807) is 6.20 Å². The third-order valence-corrected chi connectivity index (χ3v) is 2.70. The van der Waals surface area contributed by atoms with Crippen LogP contribution in [0.1, 0.15) is 11.3 Å². The van der Waals surface area contributed by atoms with Crippen molar-refractivity contribution in [2.45, 2.75) is 0 Å². The summed E-state index contributed by atoms with van der Waals surface area (Å²) in [7, 11) is 0. The predicted octanol–water partition coefficient (Wildman–Crippen LogP) is 3.97. The molecule has 0 fully saturated rings. The molecule has 0 saturated heterocycles. The molecule has 0 radical (unpaired) electrons. The summed E-state index contributed by atoms with van der Waals surface area (Å²) in [6, 6.07) is 16.0. The lowest BCUT2D eigenvalue weighted by Crippen LogP contribution is -1.79. The van der Waals surface area contributed by atoms with Gasteiger partial charge in [0.25, 0.3) is 0 Å². The monoisotopic (exact) mass is 259 g/mol. The summed E-state index contributed by atoms with van der Waals surface area (Å²) in [5.74, 6) is 0. The Morgan fingerprint density at radius 1 is 1.00 bits per heavy atom. The minimum absolute atomic E-state index is 0.952. The largest absolute Gasteiger partial charge is 0.257 e. The van der Waals surface area contributed by atoms with Crippen LogP contribution in [-0.2, 0) is 0 Å². The molecule has 0 aliphatic rings. The molecule has 0 spiro atoms. The third kappa shape index (κ3) is 2.77. The number of pyridine rings is 1. The Morgan fingerprint density at radius 3 is 2.40 bits per heavy atom. The highest BCUT2D eigenvalue weighted by Crippen LogP contribution is 2.22. The molecular weight excluding hydrogens is 250 g/mol. The van der Waals surface area contributed by atoms with Crippen molar-refractivity contribution in [2.75, 3.05) is 0 Å². The molecule has 74 valence electrons. The van der Waals surface area contributed by atoms with Gasteiger partial charge < -0.3 is 0 Å². The summed E-state index contributed by atoms with van der Waals surface area (Å²) in [6.45, 7) is 0. The zero-order valence-electron chi connectivity index (χ0n) is 8.10. The number of hydrogen-bond donors (Lipinski definition) is 0. The van der Waals surface area contributed by atoms with Gasteiger partial charge >= 0.3 is 0 Å². The minimum Gasteiger partial charge on any atom is -0.257 e.